The Balaban J connectivity index is 1.89. The summed E-state index contributed by atoms with van der Waals surface area (Å²) in [6.07, 6.45) is 1.86. The Morgan fingerprint density at radius 3 is 2.68 bits per heavy atom. The molecule has 1 aromatic carbocycles. The van der Waals surface area contributed by atoms with Gasteiger partial charge in [0.1, 0.15) is 0 Å². The summed E-state index contributed by atoms with van der Waals surface area (Å²) in [7, 11) is 0. The summed E-state index contributed by atoms with van der Waals surface area (Å²) < 4.78 is 0. The van der Waals surface area contributed by atoms with E-state index < -0.39 is 0 Å². The van der Waals surface area contributed by atoms with Crippen LogP contribution in [0.4, 0.5) is 0 Å². The molecule has 0 fully saturated rings. The third-order valence-corrected chi connectivity index (χ3v) is 7.25. The monoisotopic (exact) mass is 500 g/mol. The van der Waals surface area contributed by atoms with E-state index in [0.29, 0.717) is 29.1 Å². The molecule has 168 valence electrons. The van der Waals surface area contributed by atoms with E-state index in [1.54, 1.807) is 28.4 Å². The first-order valence-corrected chi connectivity index (χ1v) is 12.6. The molecule has 1 atom stereocenters. The topological polar surface area (TPSA) is 40.6 Å². The molecule has 0 saturated carbocycles. The van der Waals surface area contributed by atoms with Crippen LogP contribution < -0.4 is 0 Å². The number of benzene rings is 1. The smallest absolute Gasteiger partial charge is 0.242 e. The highest BCUT2D eigenvalue weighted by Gasteiger charge is 2.35. The maximum absolute atomic E-state index is 13.5. The summed E-state index contributed by atoms with van der Waals surface area (Å²) in [4.78, 5) is 30.9. The molecule has 0 radical (unpaired) electrons. The van der Waals surface area contributed by atoms with Gasteiger partial charge in [-0.1, -0.05) is 43.1 Å². The lowest BCUT2D eigenvalue weighted by molar-refractivity contribution is -0.141. The second kappa shape index (κ2) is 11.0. The van der Waals surface area contributed by atoms with Crippen molar-refractivity contribution in [3.8, 4) is 0 Å². The summed E-state index contributed by atoms with van der Waals surface area (Å²) >= 11 is 20.2. The van der Waals surface area contributed by atoms with Gasteiger partial charge in [0.05, 0.1) is 12.6 Å². The SMILES string of the molecule is CC(C)CCN(CC(=O)N1CCc2sccc2C1c1ccc(Cl)cc1Cl)C(=O)CCCl. The molecule has 0 spiro atoms. The number of carbonyl (C=O) groups excluding carboxylic acids is 2. The van der Waals surface area contributed by atoms with E-state index in [9.17, 15) is 9.59 Å². The Kier molecular flexibility index (Phi) is 8.68. The molecule has 31 heavy (non-hydrogen) atoms. The Morgan fingerprint density at radius 1 is 1.23 bits per heavy atom. The molecule has 0 bridgehead atoms. The number of carbonyl (C=O) groups is 2. The number of thiophene rings is 1. The summed E-state index contributed by atoms with van der Waals surface area (Å²) in [5.41, 5.74) is 1.94. The molecular weight excluding hydrogens is 475 g/mol. The number of nitrogens with zero attached hydrogens (tertiary/aromatic N) is 2. The second-order valence-electron chi connectivity index (χ2n) is 8.14. The van der Waals surface area contributed by atoms with Crippen LogP contribution in [0.3, 0.4) is 0 Å². The lowest BCUT2D eigenvalue weighted by Gasteiger charge is -2.38. The quantitative estimate of drug-likeness (QED) is 0.414. The first-order valence-electron chi connectivity index (χ1n) is 10.5. The number of hydrogen-bond acceptors (Lipinski definition) is 3. The molecule has 2 aromatic rings. The number of fused-ring (bicyclic) bond motifs is 1. The molecule has 2 heterocycles. The summed E-state index contributed by atoms with van der Waals surface area (Å²) in [6.45, 7) is 5.38. The van der Waals surface area contributed by atoms with Gasteiger partial charge in [-0.15, -0.1) is 22.9 Å². The van der Waals surface area contributed by atoms with Gasteiger partial charge in [0, 0.05) is 40.3 Å². The maximum Gasteiger partial charge on any atom is 0.242 e. The molecule has 1 unspecified atom stereocenters. The Labute approximate surface area is 203 Å². The van der Waals surface area contributed by atoms with Crippen molar-refractivity contribution < 1.29 is 9.59 Å². The van der Waals surface area contributed by atoms with Crippen molar-refractivity contribution >= 4 is 58.0 Å². The molecular formula is C23H27Cl3N2O2S. The molecule has 0 aliphatic carbocycles. The molecule has 3 rings (SSSR count). The Hall–Kier alpha value is -1.27. The average Bonchev–Trinajstić information content (AvgIpc) is 3.19. The van der Waals surface area contributed by atoms with Gasteiger partial charge in [-0.25, -0.2) is 0 Å². The minimum Gasteiger partial charge on any atom is -0.333 e. The zero-order valence-electron chi connectivity index (χ0n) is 17.7. The van der Waals surface area contributed by atoms with Gasteiger partial charge in [-0.05, 0) is 53.5 Å². The molecule has 4 nitrogen and oxygen atoms in total. The first-order chi connectivity index (χ1) is 14.8. The molecule has 1 aliphatic rings. The molecule has 2 amide bonds. The van der Waals surface area contributed by atoms with Crippen LogP contribution in [-0.4, -0.2) is 47.1 Å². The second-order valence-corrected chi connectivity index (χ2v) is 10.4. The molecule has 0 saturated heterocycles. The van der Waals surface area contributed by atoms with Crippen LogP contribution in [0.2, 0.25) is 10.0 Å². The normalized spacial score (nSPS) is 15.8. The van der Waals surface area contributed by atoms with Gasteiger partial charge in [-0.3, -0.25) is 9.59 Å². The van der Waals surface area contributed by atoms with E-state index >= 15 is 0 Å². The summed E-state index contributed by atoms with van der Waals surface area (Å²) in [6, 6.07) is 7.16. The molecule has 8 heteroatoms. The number of amides is 2. The van der Waals surface area contributed by atoms with E-state index in [2.05, 4.69) is 25.3 Å². The predicted octanol–water partition coefficient (Wildman–Crippen LogP) is 6.03. The lowest BCUT2D eigenvalue weighted by Crippen LogP contribution is -2.47. The molecule has 0 N–H and O–H groups in total. The van der Waals surface area contributed by atoms with Gasteiger partial charge >= 0.3 is 0 Å². The fraction of sp³-hybridized carbons (Fsp3) is 0.478. The van der Waals surface area contributed by atoms with Crippen molar-refractivity contribution in [3.05, 3.63) is 55.7 Å². The van der Waals surface area contributed by atoms with E-state index in [1.165, 1.54) is 4.88 Å². The van der Waals surface area contributed by atoms with Gasteiger partial charge < -0.3 is 9.80 Å². The highest BCUT2D eigenvalue weighted by atomic mass is 35.5. The largest absolute Gasteiger partial charge is 0.333 e. The minimum atomic E-state index is -0.289. The standard InChI is InChI=1S/C23H27Cl3N2O2S/c1-15(2)6-10-27(21(29)5-9-24)14-22(30)28-11-7-20-18(8-12-31-20)23(28)17-4-3-16(25)13-19(17)26/h3-4,8,12-13,15,23H,5-7,9-11,14H2,1-2H3. The van der Waals surface area contributed by atoms with Gasteiger partial charge in [0.15, 0.2) is 0 Å². The van der Waals surface area contributed by atoms with Gasteiger partial charge in [0.25, 0.3) is 0 Å². The highest BCUT2D eigenvalue weighted by molar-refractivity contribution is 7.10. The number of halogens is 3. The van der Waals surface area contributed by atoms with Gasteiger partial charge in [0.2, 0.25) is 11.8 Å². The van der Waals surface area contributed by atoms with Crippen molar-refractivity contribution in [2.45, 2.75) is 39.2 Å². The van der Waals surface area contributed by atoms with Crippen molar-refractivity contribution in [1.29, 1.82) is 0 Å². The van der Waals surface area contributed by atoms with E-state index in [1.807, 2.05) is 11.0 Å². The van der Waals surface area contributed by atoms with Crippen LogP contribution in [0.25, 0.3) is 0 Å². The predicted molar refractivity (Wildman–Crippen MR) is 129 cm³/mol. The number of rotatable bonds is 8. The third kappa shape index (κ3) is 5.95. The van der Waals surface area contributed by atoms with Crippen molar-refractivity contribution in [2.24, 2.45) is 5.92 Å². The third-order valence-electron chi connectivity index (χ3n) is 5.51. The zero-order chi connectivity index (χ0) is 22.5. The number of hydrogen-bond donors (Lipinski definition) is 0. The van der Waals surface area contributed by atoms with Crippen LogP contribution >= 0.6 is 46.1 Å². The molecule has 1 aliphatic heterocycles. The van der Waals surface area contributed by atoms with Crippen LogP contribution in [0, 0.1) is 5.92 Å². The Bertz CT molecular complexity index is 931. The van der Waals surface area contributed by atoms with Gasteiger partial charge in [-0.2, -0.15) is 0 Å². The first kappa shape index (κ1) is 24.4. The molecule has 1 aromatic heterocycles. The van der Waals surface area contributed by atoms with Crippen LogP contribution in [0.15, 0.2) is 29.6 Å². The average molecular weight is 502 g/mol. The van der Waals surface area contributed by atoms with Crippen LogP contribution in [0.5, 0.6) is 0 Å². The van der Waals surface area contributed by atoms with E-state index in [4.69, 9.17) is 34.8 Å². The van der Waals surface area contributed by atoms with Crippen LogP contribution in [-0.2, 0) is 16.0 Å². The van der Waals surface area contributed by atoms with E-state index in [-0.39, 0.29) is 36.7 Å². The zero-order valence-corrected chi connectivity index (χ0v) is 20.8. The summed E-state index contributed by atoms with van der Waals surface area (Å²) in [5, 5.41) is 3.14. The minimum absolute atomic E-state index is 0.0453. The van der Waals surface area contributed by atoms with Crippen LogP contribution in [0.1, 0.15) is 48.7 Å². The highest BCUT2D eigenvalue weighted by Crippen LogP contribution is 2.41. The summed E-state index contributed by atoms with van der Waals surface area (Å²) in [5.74, 6) is 0.513. The fourth-order valence-electron chi connectivity index (χ4n) is 3.84. The van der Waals surface area contributed by atoms with Crippen molar-refractivity contribution in [1.82, 2.24) is 9.80 Å². The number of alkyl halides is 1. The Morgan fingerprint density at radius 2 is 2.00 bits per heavy atom. The fourth-order valence-corrected chi connectivity index (χ4v) is 5.42. The van der Waals surface area contributed by atoms with E-state index in [0.717, 1.165) is 24.0 Å². The van der Waals surface area contributed by atoms with Crippen molar-refractivity contribution in [2.75, 3.05) is 25.5 Å². The lowest BCUT2D eigenvalue weighted by atomic mass is 9.93. The van der Waals surface area contributed by atoms with Crippen molar-refractivity contribution in [3.63, 3.8) is 0 Å². The maximum atomic E-state index is 13.5.